The molecule has 0 aromatic carbocycles. The molecule has 7 heteroatoms. The Hall–Kier alpha value is -0.880. The maximum Gasteiger partial charge on any atom is 0.169 e. The molecule has 1 N–H and O–H groups in total. The summed E-state index contributed by atoms with van der Waals surface area (Å²) in [6.45, 7) is -0.460. The predicted octanol–water partition coefficient (Wildman–Crippen LogP) is 0.367. The second kappa shape index (κ2) is 4.38. The van der Waals surface area contributed by atoms with Gasteiger partial charge in [0.15, 0.2) is 6.29 Å². The van der Waals surface area contributed by atoms with E-state index in [2.05, 4.69) is 10.0 Å². The fourth-order valence-corrected chi connectivity index (χ4v) is 1.21. The zero-order valence-corrected chi connectivity index (χ0v) is 7.00. The molecule has 0 spiro atoms. The molecule has 0 aromatic heterocycles. The van der Waals surface area contributed by atoms with E-state index >= 15 is 0 Å². The van der Waals surface area contributed by atoms with Crippen LogP contribution in [0.5, 0.6) is 0 Å². The van der Waals surface area contributed by atoms with Gasteiger partial charge in [0.2, 0.25) is 0 Å². The summed E-state index contributed by atoms with van der Waals surface area (Å²) in [6.07, 6.45) is -3.41. The molecule has 0 amide bonds. The Bertz CT molecular complexity index is 219. The first kappa shape index (κ1) is 10.2. The van der Waals surface area contributed by atoms with Crippen molar-refractivity contribution >= 4 is 0 Å². The van der Waals surface area contributed by atoms with E-state index in [4.69, 9.17) is 20.1 Å². The van der Waals surface area contributed by atoms with Crippen molar-refractivity contribution in [2.45, 2.75) is 24.6 Å². The molecule has 0 saturated carbocycles. The van der Waals surface area contributed by atoms with Crippen molar-refractivity contribution in [3.8, 4) is 0 Å². The molecular formula is C6H10FN3O3. The fraction of sp³-hybridized carbons (Fsp3) is 1.00. The van der Waals surface area contributed by atoms with Gasteiger partial charge in [0.1, 0.15) is 18.3 Å². The first-order valence-corrected chi connectivity index (χ1v) is 3.72. The summed E-state index contributed by atoms with van der Waals surface area (Å²) < 4.78 is 22.9. The fourth-order valence-electron chi connectivity index (χ4n) is 1.21. The van der Waals surface area contributed by atoms with Gasteiger partial charge in [-0.2, -0.15) is 0 Å². The van der Waals surface area contributed by atoms with E-state index in [0.29, 0.717) is 0 Å². The summed E-state index contributed by atoms with van der Waals surface area (Å²) in [5.41, 5.74) is 8.13. The molecule has 74 valence electrons. The number of rotatable bonds is 3. The minimum absolute atomic E-state index is 0.460. The second-order valence-corrected chi connectivity index (χ2v) is 2.60. The number of aliphatic hydroxyl groups is 1. The molecular weight excluding hydrogens is 181 g/mol. The molecule has 1 heterocycles. The minimum atomic E-state index is -1.52. The highest BCUT2D eigenvalue weighted by Gasteiger charge is 2.44. The monoisotopic (exact) mass is 191 g/mol. The highest BCUT2D eigenvalue weighted by molar-refractivity contribution is 4.92. The van der Waals surface area contributed by atoms with Gasteiger partial charge in [-0.15, -0.1) is 0 Å². The van der Waals surface area contributed by atoms with Crippen LogP contribution < -0.4 is 0 Å². The van der Waals surface area contributed by atoms with Gasteiger partial charge in [-0.05, 0) is 5.53 Å². The Kier molecular flexibility index (Phi) is 3.44. The van der Waals surface area contributed by atoms with Gasteiger partial charge >= 0.3 is 0 Å². The van der Waals surface area contributed by atoms with Gasteiger partial charge in [0.05, 0.1) is 6.61 Å². The molecule has 13 heavy (non-hydrogen) atoms. The summed E-state index contributed by atoms with van der Waals surface area (Å²) in [5.74, 6) is 0. The van der Waals surface area contributed by atoms with Crippen LogP contribution in [0.1, 0.15) is 0 Å². The SMILES string of the molecule is COC1OC(CO)C(F)C1N=[N+]=[N-]. The van der Waals surface area contributed by atoms with Crippen LogP contribution in [0.25, 0.3) is 10.4 Å². The zero-order valence-electron chi connectivity index (χ0n) is 7.00. The summed E-state index contributed by atoms with van der Waals surface area (Å²) in [5, 5.41) is 11.9. The van der Waals surface area contributed by atoms with Crippen LogP contribution in [0.3, 0.4) is 0 Å². The van der Waals surface area contributed by atoms with Crippen molar-refractivity contribution in [1.29, 1.82) is 0 Å². The maximum absolute atomic E-state index is 13.2. The molecule has 4 unspecified atom stereocenters. The van der Waals surface area contributed by atoms with Crippen LogP contribution in [0.2, 0.25) is 0 Å². The van der Waals surface area contributed by atoms with Crippen LogP contribution in [-0.2, 0) is 9.47 Å². The molecule has 1 rings (SSSR count). The first-order chi connectivity index (χ1) is 6.24. The Morgan fingerprint density at radius 2 is 2.46 bits per heavy atom. The molecule has 4 atom stereocenters. The maximum atomic E-state index is 13.2. The van der Waals surface area contributed by atoms with E-state index in [1.165, 1.54) is 7.11 Å². The van der Waals surface area contributed by atoms with Crippen LogP contribution in [0, 0.1) is 0 Å². The van der Waals surface area contributed by atoms with E-state index in [9.17, 15) is 4.39 Å². The number of methoxy groups -OCH3 is 1. The topological polar surface area (TPSA) is 87.5 Å². The third-order valence-electron chi connectivity index (χ3n) is 1.87. The van der Waals surface area contributed by atoms with E-state index in [1.54, 1.807) is 0 Å². The second-order valence-electron chi connectivity index (χ2n) is 2.60. The quantitative estimate of drug-likeness (QED) is 0.397. The number of ether oxygens (including phenoxy) is 2. The lowest BCUT2D eigenvalue weighted by Gasteiger charge is -2.11. The third kappa shape index (κ3) is 1.89. The number of alkyl halides is 1. The zero-order chi connectivity index (χ0) is 9.84. The van der Waals surface area contributed by atoms with Crippen molar-refractivity contribution in [1.82, 2.24) is 0 Å². The molecule has 6 nitrogen and oxygen atoms in total. The van der Waals surface area contributed by atoms with Gasteiger partial charge in [0.25, 0.3) is 0 Å². The van der Waals surface area contributed by atoms with E-state index in [1.807, 2.05) is 0 Å². The van der Waals surface area contributed by atoms with Crippen molar-refractivity contribution in [2.75, 3.05) is 13.7 Å². The Balaban J connectivity index is 2.73. The summed E-state index contributed by atoms with van der Waals surface area (Å²) in [4.78, 5) is 2.48. The molecule has 1 aliphatic heterocycles. The number of aliphatic hydroxyl groups excluding tert-OH is 1. The van der Waals surface area contributed by atoms with E-state index < -0.39 is 31.2 Å². The Morgan fingerprint density at radius 3 is 2.92 bits per heavy atom. The average Bonchev–Trinajstić information content (AvgIpc) is 2.45. The highest BCUT2D eigenvalue weighted by Crippen LogP contribution is 2.26. The number of halogens is 1. The number of azide groups is 1. The van der Waals surface area contributed by atoms with E-state index in [-0.39, 0.29) is 0 Å². The van der Waals surface area contributed by atoms with Crippen molar-refractivity contribution in [3.63, 3.8) is 0 Å². The molecule has 0 aliphatic carbocycles. The Labute approximate surface area is 73.9 Å². The summed E-state index contributed by atoms with van der Waals surface area (Å²) in [7, 11) is 1.32. The van der Waals surface area contributed by atoms with Gasteiger partial charge < -0.3 is 14.6 Å². The lowest BCUT2D eigenvalue weighted by molar-refractivity contribution is -0.129. The molecule has 0 aromatic rings. The predicted molar refractivity (Wildman–Crippen MR) is 40.6 cm³/mol. The minimum Gasteiger partial charge on any atom is -0.394 e. The Morgan fingerprint density at radius 1 is 1.77 bits per heavy atom. The summed E-state index contributed by atoms with van der Waals surface area (Å²) >= 11 is 0. The molecule has 0 bridgehead atoms. The standard InChI is InChI=1S/C6H10FN3O3/c1-12-6-5(9-10-8)4(7)3(2-11)13-6/h3-6,11H,2H2,1H3. The van der Waals surface area contributed by atoms with Crippen LogP contribution >= 0.6 is 0 Å². The van der Waals surface area contributed by atoms with Gasteiger partial charge in [-0.25, -0.2) is 4.39 Å². The van der Waals surface area contributed by atoms with Gasteiger partial charge in [-0.3, -0.25) is 0 Å². The van der Waals surface area contributed by atoms with Crippen molar-refractivity contribution in [2.24, 2.45) is 5.11 Å². The average molecular weight is 191 g/mol. The lowest BCUT2D eigenvalue weighted by atomic mass is 10.1. The molecule has 0 radical (unpaired) electrons. The smallest absolute Gasteiger partial charge is 0.169 e. The normalized spacial score (nSPS) is 38.7. The van der Waals surface area contributed by atoms with Crippen LogP contribution in [0.4, 0.5) is 4.39 Å². The third-order valence-corrected chi connectivity index (χ3v) is 1.87. The highest BCUT2D eigenvalue weighted by atomic mass is 19.1. The van der Waals surface area contributed by atoms with E-state index in [0.717, 1.165) is 0 Å². The van der Waals surface area contributed by atoms with Crippen molar-refractivity contribution in [3.05, 3.63) is 10.4 Å². The lowest BCUT2D eigenvalue weighted by Crippen LogP contribution is -2.29. The molecule has 1 saturated heterocycles. The van der Waals surface area contributed by atoms with Gasteiger partial charge in [0, 0.05) is 12.0 Å². The molecule has 1 aliphatic rings. The number of hydrogen-bond acceptors (Lipinski definition) is 4. The van der Waals surface area contributed by atoms with Crippen LogP contribution in [-0.4, -0.2) is 43.4 Å². The largest absolute Gasteiger partial charge is 0.394 e. The number of hydrogen-bond donors (Lipinski definition) is 1. The van der Waals surface area contributed by atoms with Crippen molar-refractivity contribution < 1.29 is 19.0 Å². The summed E-state index contributed by atoms with van der Waals surface area (Å²) in [6, 6.07) is -1.02. The molecule has 1 fully saturated rings. The number of nitrogens with zero attached hydrogens (tertiary/aromatic N) is 3. The first-order valence-electron chi connectivity index (χ1n) is 3.72. The van der Waals surface area contributed by atoms with Crippen LogP contribution in [0.15, 0.2) is 5.11 Å². The van der Waals surface area contributed by atoms with Gasteiger partial charge in [-0.1, -0.05) is 5.11 Å².